The number of carbonyl (C=O) groups is 1. The summed E-state index contributed by atoms with van der Waals surface area (Å²) in [4.78, 5) is 15.3. The SMILES string of the molecule is Cc1ccccc1Cn1cccc1CN(Cc1ccccc1)C(=O)c1ccc(Cl)cc1. The lowest BCUT2D eigenvalue weighted by Crippen LogP contribution is -2.31. The van der Waals surface area contributed by atoms with Crippen molar-refractivity contribution in [1.82, 2.24) is 9.47 Å². The molecule has 0 unspecified atom stereocenters. The maximum Gasteiger partial charge on any atom is 0.254 e. The van der Waals surface area contributed by atoms with Gasteiger partial charge >= 0.3 is 0 Å². The third-order valence-corrected chi connectivity index (χ3v) is 5.72. The Morgan fingerprint density at radius 2 is 1.55 bits per heavy atom. The van der Waals surface area contributed by atoms with Gasteiger partial charge in [-0.15, -0.1) is 0 Å². The highest BCUT2D eigenvalue weighted by atomic mass is 35.5. The van der Waals surface area contributed by atoms with Crippen molar-refractivity contribution in [3.63, 3.8) is 0 Å². The van der Waals surface area contributed by atoms with Gasteiger partial charge in [-0.3, -0.25) is 4.79 Å². The van der Waals surface area contributed by atoms with Gasteiger partial charge in [-0.25, -0.2) is 0 Å². The minimum Gasteiger partial charge on any atom is -0.345 e. The molecule has 1 heterocycles. The Kier molecular flexibility index (Phi) is 6.54. The van der Waals surface area contributed by atoms with E-state index in [1.807, 2.05) is 29.2 Å². The molecule has 0 atom stereocenters. The van der Waals surface area contributed by atoms with E-state index >= 15 is 0 Å². The van der Waals surface area contributed by atoms with Crippen LogP contribution < -0.4 is 0 Å². The van der Waals surface area contributed by atoms with Crippen LogP contribution in [0.2, 0.25) is 5.02 Å². The van der Waals surface area contributed by atoms with Crippen LogP contribution in [-0.4, -0.2) is 15.4 Å². The molecule has 4 heteroatoms. The number of amides is 1. The van der Waals surface area contributed by atoms with E-state index in [4.69, 9.17) is 11.6 Å². The first-order valence-corrected chi connectivity index (χ1v) is 10.8. The van der Waals surface area contributed by atoms with Gasteiger partial charge in [-0.2, -0.15) is 0 Å². The van der Waals surface area contributed by atoms with Crippen LogP contribution in [0.1, 0.15) is 32.7 Å². The summed E-state index contributed by atoms with van der Waals surface area (Å²) < 4.78 is 2.22. The van der Waals surface area contributed by atoms with Crippen LogP contribution in [0.4, 0.5) is 0 Å². The second kappa shape index (κ2) is 9.67. The third-order valence-electron chi connectivity index (χ3n) is 5.47. The minimum absolute atomic E-state index is 0.0100. The lowest BCUT2D eigenvalue weighted by molar-refractivity contribution is 0.0726. The Morgan fingerprint density at radius 3 is 2.29 bits per heavy atom. The Bertz CT molecular complexity index is 1150. The Labute approximate surface area is 188 Å². The number of hydrogen-bond acceptors (Lipinski definition) is 1. The van der Waals surface area contributed by atoms with Gasteiger partial charge in [0, 0.05) is 35.6 Å². The number of hydrogen-bond donors (Lipinski definition) is 0. The molecule has 0 aliphatic heterocycles. The van der Waals surface area contributed by atoms with Crippen molar-refractivity contribution in [1.29, 1.82) is 0 Å². The van der Waals surface area contributed by atoms with Crippen LogP contribution in [0.5, 0.6) is 0 Å². The average molecular weight is 429 g/mol. The number of rotatable bonds is 7. The van der Waals surface area contributed by atoms with E-state index in [0.29, 0.717) is 23.7 Å². The van der Waals surface area contributed by atoms with Crippen molar-refractivity contribution in [2.75, 3.05) is 0 Å². The first-order chi connectivity index (χ1) is 15.1. The zero-order valence-electron chi connectivity index (χ0n) is 17.5. The second-order valence-corrected chi connectivity index (χ2v) is 8.14. The summed E-state index contributed by atoms with van der Waals surface area (Å²) in [6.07, 6.45) is 2.08. The number of nitrogens with zero attached hydrogens (tertiary/aromatic N) is 2. The topological polar surface area (TPSA) is 25.2 Å². The van der Waals surface area contributed by atoms with Crippen LogP contribution in [0.3, 0.4) is 0 Å². The minimum atomic E-state index is -0.0100. The van der Waals surface area contributed by atoms with Gasteiger partial charge in [-0.1, -0.05) is 66.2 Å². The number of aryl methyl sites for hydroxylation is 1. The largest absolute Gasteiger partial charge is 0.345 e. The van der Waals surface area contributed by atoms with E-state index < -0.39 is 0 Å². The molecule has 0 saturated heterocycles. The Morgan fingerprint density at radius 1 is 0.839 bits per heavy atom. The lowest BCUT2D eigenvalue weighted by Gasteiger charge is -2.24. The van der Waals surface area contributed by atoms with E-state index in [1.54, 1.807) is 24.3 Å². The first kappa shape index (κ1) is 21.0. The summed E-state index contributed by atoms with van der Waals surface area (Å²) in [7, 11) is 0. The standard InChI is InChI=1S/C27H25ClN2O/c1-21-8-5-6-11-24(21)19-29-17-7-12-26(29)20-30(18-22-9-3-2-4-10-22)27(31)23-13-15-25(28)16-14-23/h2-17H,18-20H2,1H3. The molecule has 0 saturated carbocycles. The maximum absolute atomic E-state index is 13.4. The summed E-state index contributed by atoms with van der Waals surface area (Å²) in [6.45, 7) is 3.97. The molecule has 3 aromatic carbocycles. The molecule has 1 amide bonds. The molecule has 31 heavy (non-hydrogen) atoms. The zero-order valence-corrected chi connectivity index (χ0v) is 18.3. The molecule has 1 aromatic heterocycles. The fraction of sp³-hybridized carbons (Fsp3) is 0.148. The number of benzene rings is 3. The van der Waals surface area contributed by atoms with Crippen LogP contribution in [-0.2, 0) is 19.6 Å². The third kappa shape index (κ3) is 5.25. The Balaban J connectivity index is 1.61. The maximum atomic E-state index is 13.4. The molecule has 156 valence electrons. The number of halogens is 1. The van der Waals surface area contributed by atoms with E-state index in [2.05, 4.69) is 60.2 Å². The fourth-order valence-electron chi connectivity index (χ4n) is 3.69. The number of aromatic nitrogens is 1. The summed E-state index contributed by atoms with van der Waals surface area (Å²) in [5.74, 6) is -0.0100. The van der Waals surface area contributed by atoms with Gasteiger partial charge < -0.3 is 9.47 Å². The molecule has 0 spiro atoms. The molecule has 4 rings (SSSR count). The molecule has 0 radical (unpaired) electrons. The molecule has 0 fully saturated rings. The predicted molar refractivity (Wildman–Crippen MR) is 126 cm³/mol. The molecular formula is C27H25ClN2O. The predicted octanol–water partition coefficient (Wildman–Crippen LogP) is 6.34. The average Bonchev–Trinajstić information content (AvgIpc) is 3.22. The molecule has 0 aliphatic rings. The van der Waals surface area contributed by atoms with E-state index in [9.17, 15) is 4.79 Å². The van der Waals surface area contributed by atoms with E-state index in [1.165, 1.54) is 11.1 Å². The van der Waals surface area contributed by atoms with Gasteiger partial charge in [0.25, 0.3) is 5.91 Å². The first-order valence-electron chi connectivity index (χ1n) is 10.4. The molecule has 0 N–H and O–H groups in total. The molecular weight excluding hydrogens is 404 g/mol. The van der Waals surface area contributed by atoms with Gasteiger partial charge in [0.15, 0.2) is 0 Å². The van der Waals surface area contributed by atoms with Gasteiger partial charge in [0.05, 0.1) is 6.54 Å². The molecule has 0 aliphatic carbocycles. The number of carbonyl (C=O) groups excluding carboxylic acids is 1. The highest BCUT2D eigenvalue weighted by Gasteiger charge is 2.18. The van der Waals surface area contributed by atoms with Gasteiger partial charge in [0.2, 0.25) is 0 Å². The van der Waals surface area contributed by atoms with Crippen LogP contribution in [0.25, 0.3) is 0 Å². The fourth-order valence-corrected chi connectivity index (χ4v) is 3.82. The second-order valence-electron chi connectivity index (χ2n) is 7.71. The summed E-state index contributed by atoms with van der Waals surface area (Å²) >= 11 is 6.02. The molecule has 4 aromatic rings. The summed E-state index contributed by atoms with van der Waals surface area (Å²) in [6, 6.07) is 29.7. The monoisotopic (exact) mass is 428 g/mol. The highest BCUT2D eigenvalue weighted by Crippen LogP contribution is 2.18. The van der Waals surface area contributed by atoms with Crippen molar-refractivity contribution in [3.8, 4) is 0 Å². The van der Waals surface area contributed by atoms with Crippen molar-refractivity contribution in [2.45, 2.75) is 26.6 Å². The van der Waals surface area contributed by atoms with Gasteiger partial charge in [-0.05, 0) is 60.0 Å². The van der Waals surface area contributed by atoms with Crippen LogP contribution in [0, 0.1) is 6.92 Å². The van der Waals surface area contributed by atoms with Crippen molar-refractivity contribution in [3.05, 3.63) is 130 Å². The summed E-state index contributed by atoms with van der Waals surface area (Å²) in [5, 5.41) is 0.623. The normalized spacial score (nSPS) is 10.8. The van der Waals surface area contributed by atoms with Crippen molar-refractivity contribution < 1.29 is 4.79 Å². The Hall–Kier alpha value is -3.30. The lowest BCUT2D eigenvalue weighted by atomic mass is 10.1. The smallest absolute Gasteiger partial charge is 0.254 e. The van der Waals surface area contributed by atoms with E-state index in [0.717, 1.165) is 17.8 Å². The highest BCUT2D eigenvalue weighted by molar-refractivity contribution is 6.30. The van der Waals surface area contributed by atoms with Crippen molar-refractivity contribution in [2.24, 2.45) is 0 Å². The van der Waals surface area contributed by atoms with Crippen LogP contribution >= 0.6 is 11.6 Å². The zero-order chi connectivity index (χ0) is 21.6. The van der Waals surface area contributed by atoms with E-state index in [-0.39, 0.29) is 5.91 Å². The summed E-state index contributed by atoms with van der Waals surface area (Å²) in [5.41, 5.74) is 5.37. The van der Waals surface area contributed by atoms with Crippen molar-refractivity contribution >= 4 is 17.5 Å². The van der Waals surface area contributed by atoms with Gasteiger partial charge in [0.1, 0.15) is 0 Å². The van der Waals surface area contributed by atoms with Crippen LogP contribution in [0.15, 0.2) is 97.2 Å². The quantitative estimate of drug-likeness (QED) is 0.337. The molecule has 0 bridgehead atoms. The molecule has 3 nitrogen and oxygen atoms in total.